The Labute approximate surface area is 94.6 Å². The van der Waals surface area contributed by atoms with E-state index in [2.05, 4.69) is 4.98 Å². The number of carboxylic acid groups (broad SMARTS) is 1. The van der Waals surface area contributed by atoms with Crippen LogP contribution in [0.5, 0.6) is 0 Å². The SMILES string of the molecule is Cn1cnc([N+](=O)[O-])c1SC[C@@H](N)C(=O)O. The fourth-order valence-electron chi connectivity index (χ4n) is 0.938. The Balaban J connectivity index is 2.77. The van der Waals surface area contributed by atoms with Crippen molar-refractivity contribution >= 4 is 23.5 Å². The number of thioether (sulfide) groups is 1. The summed E-state index contributed by atoms with van der Waals surface area (Å²) in [6.45, 7) is 0. The van der Waals surface area contributed by atoms with Gasteiger partial charge in [-0.15, -0.1) is 0 Å². The Kier molecular flexibility index (Phi) is 3.85. The van der Waals surface area contributed by atoms with Crippen molar-refractivity contribution in [1.29, 1.82) is 0 Å². The van der Waals surface area contributed by atoms with Crippen LogP contribution in [-0.2, 0) is 11.8 Å². The number of hydrogen-bond donors (Lipinski definition) is 2. The Morgan fingerprint density at radius 1 is 1.88 bits per heavy atom. The molecule has 1 aromatic rings. The van der Waals surface area contributed by atoms with E-state index >= 15 is 0 Å². The van der Waals surface area contributed by atoms with E-state index in [1.165, 1.54) is 10.9 Å². The van der Waals surface area contributed by atoms with Crippen LogP contribution in [0.15, 0.2) is 11.4 Å². The molecule has 0 spiro atoms. The predicted molar refractivity (Wildman–Crippen MR) is 56.2 cm³/mol. The second-order valence-electron chi connectivity index (χ2n) is 3.00. The lowest BCUT2D eigenvalue weighted by atomic mass is 10.4. The van der Waals surface area contributed by atoms with Crippen molar-refractivity contribution in [3.63, 3.8) is 0 Å². The number of carboxylic acids is 1. The predicted octanol–water partition coefficient (Wildman–Crippen LogP) is -0.168. The van der Waals surface area contributed by atoms with Crippen molar-refractivity contribution in [2.24, 2.45) is 12.8 Å². The molecule has 88 valence electrons. The molecule has 0 saturated carbocycles. The van der Waals surface area contributed by atoms with Crippen molar-refractivity contribution in [3.05, 3.63) is 16.4 Å². The van der Waals surface area contributed by atoms with E-state index in [9.17, 15) is 14.9 Å². The summed E-state index contributed by atoms with van der Waals surface area (Å²) in [5.74, 6) is -1.38. The summed E-state index contributed by atoms with van der Waals surface area (Å²) >= 11 is 0.998. The molecule has 0 bridgehead atoms. The van der Waals surface area contributed by atoms with Crippen LogP contribution >= 0.6 is 11.8 Å². The number of nitro groups is 1. The molecule has 0 amide bonds. The number of aryl methyl sites for hydroxylation is 1. The van der Waals surface area contributed by atoms with E-state index in [0.29, 0.717) is 5.03 Å². The zero-order valence-electron chi connectivity index (χ0n) is 8.36. The number of aromatic nitrogens is 2. The highest BCUT2D eigenvalue weighted by Crippen LogP contribution is 2.27. The average molecular weight is 246 g/mol. The number of hydrogen-bond acceptors (Lipinski definition) is 6. The monoisotopic (exact) mass is 246 g/mol. The van der Waals surface area contributed by atoms with Gasteiger partial charge in [-0.25, -0.2) is 0 Å². The fourth-order valence-corrected chi connectivity index (χ4v) is 1.93. The first-order valence-electron chi connectivity index (χ1n) is 4.20. The molecule has 1 heterocycles. The molecule has 0 saturated heterocycles. The highest BCUT2D eigenvalue weighted by Gasteiger charge is 2.22. The minimum Gasteiger partial charge on any atom is -0.480 e. The van der Waals surface area contributed by atoms with Gasteiger partial charge >= 0.3 is 11.8 Å². The molecule has 0 aromatic carbocycles. The summed E-state index contributed by atoms with van der Waals surface area (Å²) in [6.07, 6.45) is 1.30. The van der Waals surface area contributed by atoms with Gasteiger partial charge in [0, 0.05) is 12.8 Å². The Morgan fingerprint density at radius 2 is 2.50 bits per heavy atom. The van der Waals surface area contributed by atoms with Crippen LogP contribution in [-0.4, -0.2) is 37.3 Å². The lowest BCUT2D eigenvalue weighted by Crippen LogP contribution is -2.32. The van der Waals surface area contributed by atoms with Crippen molar-refractivity contribution in [1.82, 2.24) is 9.55 Å². The summed E-state index contributed by atoms with van der Waals surface area (Å²) < 4.78 is 1.46. The van der Waals surface area contributed by atoms with Crippen LogP contribution in [0, 0.1) is 10.1 Å². The van der Waals surface area contributed by atoms with Crippen LogP contribution in [0.25, 0.3) is 0 Å². The van der Waals surface area contributed by atoms with Crippen molar-refractivity contribution in [2.45, 2.75) is 11.1 Å². The second kappa shape index (κ2) is 4.94. The summed E-state index contributed by atoms with van der Waals surface area (Å²) in [6, 6.07) is -1.06. The molecule has 0 aliphatic heterocycles. The molecule has 1 atom stereocenters. The summed E-state index contributed by atoms with van der Waals surface area (Å²) in [5.41, 5.74) is 5.29. The Bertz CT molecular complexity index is 419. The molecule has 1 rings (SSSR count). The molecule has 0 aliphatic carbocycles. The molecular formula is C7H10N4O4S. The molecule has 0 unspecified atom stereocenters. The smallest absolute Gasteiger partial charge is 0.395 e. The maximum absolute atomic E-state index is 10.6. The number of nitrogens with zero attached hydrogens (tertiary/aromatic N) is 3. The summed E-state index contributed by atoms with van der Waals surface area (Å²) in [5, 5.41) is 19.4. The second-order valence-corrected chi connectivity index (χ2v) is 4.01. The molecular weight excluding hydrogens is 236 g/mol. The van der Waals surface area contributed by atoms with Crippen LogP contribution in [0.2, 0.25) is 0 Å². The van der Waals surface area contributed by atoms with E-state index in [0.717, 1.165) is 11.8 Å². The summed E-state index contributed by atoms with van der Waals surface area (Å²) in [7, 11) is 1.59. The minimum absolute atomic E-state index is 0.0513. The van der Waals surface area contributed by atoms with Gasteiger partial charge in [0.05, 0.1) is 0 Å². The van der Waals surface area contributed by atoms with Gasteiger partial charge in [-0.2, -0.15) is 0 Å². The lowest BCUT2D eigenvalue weighted by molar-refractivity contribution is -0.392. The quantitative estimate of drug-likeness (QED) is 0.420. The molecule has 1 aromatic heterocycles. The zero-order valence-corrected chi connectivity index (χ0v) is 9.18. The van der Waals surface area contributed by atoms with Crippen LogP contribution in [0.3, 0.4) is 0 Å². The number of imidazole rings is 1. The third kappa shape index (κ3) is 2.70. The first-order chi connectivity index (χ1) is 7.43. The molecule has 0 aliphatic rings. The number of carbonyl (C=O) groups is 1. The highest BCUT2D eigenvalue weighted by molar-refractivity contribution is 7.99. The van der Waals surface area contributed by atoms with Gasteiger partial charge in [0.1, 0.15) is 6.04 Å². The van der Waals surface area contributed by atoms with Crippen LogP contribution in [0.1, 0.15) is 0 Å². The number of aliphatic carboxylic acids is 1. The largest absolute Gasteiger partial charge is 0.480 e. The molecule has 8 nitrogen and oxygen atoms in total. The third-order valence-corrected chi connectivity index (χ3v) is 3.02. The minimum atomic E-state index is -1.14. The van der Waals surface area contributed by atoms with Gasteiger partial charge in [0.15, 0.2) is 5.03 Å². The third-order valence-electron chi connectivity index (χ3n) is 1.75. The van der Waals surface area contributed by atoms with Crippen LogP contribution < -0.4 is 5.73 Å². The van der Waals surface area contributed by atoms with Gasteiger partial charge < -0.3 is 25.5 Å². The maximum atomic E-state index is 10.6. The van der Waals surface area contributed by atoms with Gasteiger partial charge in [-0.1, -0.05) is 11.8 Å². The van der Waals surface area contributed by atoms with Gasteiger partial charge in [-0.05, 0) is 9.91 Å². The summed E-state index contributed by atoms with van der Waals surface area (Å²) in [4.78, 5) is 24.0. The Morgan fingerprint density at radius 3 is 3.00 bits per heavy atom. The topological polar surface area (TPSA) is 124 Å². The first kappa shape index (κ1) is 12.5. The van der Waals surface area contributed by atoms with Gasteiger partial charge in [0.25, 0.3) is 0 Å². The maximum Gasteiger partial charge on any atom is 0.395 e. The van der Waals surface area contributed by atoms with Gasteiger partial charge in [-0.3, -0.25) is 4.79 Å². The highest BCUT2D eigenvalue weighted by atomic mass is 32.2. The lowest BCUT2D eigenvalue weighted by Gasteiger charge is -2.05. The van der Waals surface area contributed by atoms with Gasteiger partial charge in [0.2, 0.25) is 6.33 Å². The van der Waals surface area contributed by atoms with Crippen molar-refractivity contribution in [3.8, 4) is 0 Å². The average Bonchev–Trinajstić information content (AvgIpc) is 2.56. The first-order valence-corrected chi connectivity index (χ1v) is 5.19. The molecule has 9 heteroatoms. The van der Waals surface area contributed by atoms with E-state index in [4.69, 9.17) is 10.8 Å². The van der Waals surface area contributed by atoms with Crippen LogP contribution in [0.4, 0.5) is 5.82 Å². The molecule has 0 fully saturated rings. The standard InChI is InChI=1S/C7H10N4O4S/c1-10-3-9-5(11(14)15)6(10)16-2-4(8)7(12)13/h3-4H,2,8H2,1H3,(H,12,13)/t4-/m1/s1. The number of rotatable bonds is 5. The van der Waals surface area contributed by atoms with Crippen molar-refractivity contribution in [2.75, 3.05) is 5.75 Å². The fraction of sp³-hybridized carbons (Fsp3) is 0.429. The van der Waals surface area contributed by atoms with E-state index in [1.807, 2.05) is 0 Å². The normalized spacial score (nSPS) is 12.4. The van der Waals surface area contributed by atoms with E-state index in [-0.39, 0.29) is 11.6 Å². The number of nitrogens with two attached hydrogens (primary N) is 1. The molecule has 3 N–H and O–H groups in total. The zero-order chi connectivity index (χ0) is 12.3. The van der Waals surface area contributed by atoms with E-state index in [1.54, 1.807) is 7.05 Å². The Hall–Kier alpha value is -1.61. The molecule has 16 heavy (non-hydrogen) atoms. The molecule has 0 radical (unpaired) electrons. The van der Waals surface area contributed by atoms with E-state index < -0.39 is 16.9 Å². The van der Waals surface area contributed by atoms with Crippen molar-refractivity contribution < 1.29 is 14.8 Å².